The molecule has 2 atom stereocenters. The van der Waals surface area contributed by atoms with Gasteiger partial charge in [-0.25, -0.2) is 9.97 Å². The van der Waals surface area contributed by atoms with Crippen LogP contribution in [0.4, 0.5) is 5.95 Å². The van der Waals surface area contributed by atoms with Crippen molar-refractivity contribution in [3.63, 3.8) is 0 Å². The zero-order valence-corrected chi connectivity index (χ0v) is 22.3. The molecule has 3 fully saturated rings. The summed E-state index contributed by atoms with van der Waals surface area (Å²) in [5.41, 5.74) is 7.72. The van der Waals surface area contributed by atoms with Gasteiger partial charge >= 0.3 is 0 Å². The summed E-state index contributed by atoms with van der Waals surface area (Å²) < 4.78 is 0. The molecular weight excluding hydrogens is 482 g/mol. The molecule has 1 aromatic carbocycles. The number of amides is 3. The molecule has 5 rings (SSSR count). The first kappa shape index (κ1) is 26.1. The van der Waals surface area contributed by atoms with Crippen LogP contribution >= 0.6 is 0 Å². The summed E-state index contributed by atoms with van der Waals surface area (Å²) in [6.45, 7) is 9.92. The summed E-state index contributed by atoms with van der Waals surface area (Å²) >= 11 is 0. The Morgan fingerprint density at radius 1 is 0.921 bits per heavy atom. The number of primary amides is 1. The van der Waals surface area contributed by atoms with Crippen LogP contribution in [-0.2, 0) is 11.2 Å². The van der Waals surface area contributed by atoms with Crippen molar-refractivity contribution in [3.8, 4) is 0 Å². The maximum absolute atomic E-state index is 13.6. The number of piperazine rings is 1. The van der Waals surface area contributed by atoms with Gasteiger partial charge in [0.25, 0.3) is 11.8 Å². The molecule has 38 heavy (non-hydrogen) atoms. The van der Waals surface area contributed by atoms with E-state index in [1.165, 1.54) is 5.56 Å². The number of carbonyl (C=O) groups is 3. The quantitative estimate of drug-likeness (QED) is 0.584. The molecule has 3 saturated heterocycles. The number of hydrogen-bond acceptors (Lipinski definition) is 7. The highest BCUT2D eigenvalue weighted by atomic mass is 16.2. The fraction of sp³-hybridized carbons (Fsp3) is 0.536. The standard InChI is InChI=1S/C28H37N7O3/c1-19-24(25(26(29)37)31-28(30-19)34-13-11-33(12-14-34)20(2)36)27(38)35-17-22-15-32(16-23(22)18-35)10-6-9-21-7-4-3-5-8-21/h3-5,7-8,22-23H,6,9-18H2,1-2H3,(H2,29,37). The lowest BCUT2D eigenvalue weighted by Gasteiger charge is -2.34. The SMILES string of the molecule is CC(=O)N1CCN(c2nc(C)c(C(=O)N3CC4CN(CCCc5ccccc5)CC4C3)c(C(N)=O)n2)CC1. The van der Waals surface area contributed by atoms with Gasteiger partial charge in [0.1, 0.15) is 5.69 Å². The second-order valence-electron chi connectivity index (χ2n) is 10.8. The summed E-state index contributed by atoms with van der Waals surface area (Å²) in [5.74, 6) is 0.337. The minimum Gasteiger partial charge on any atom is -0.364 e. The zero-order valence-electron chi connectivity index (χ0n) is 22.3. The number of rotatable bonds is 7. The Labute approximate surface area is 223 Å². The van der Waals surface area contributed by atoms with E-state index in [4.69, 9.17) is 5.73 Å². The first-order valence-electron chi connectivity index (χ1n) is 13.5. The molecule has 4 heterocycles. The number of fused-ring (bicyclic) bond motifs is 1. The first-order valence-corrected chi connectivity index (χ1v) is 13.5. The predicted octanol–water partition coefficient (Wildman–Crippen LogP) is 1.19. The first-order chi connectivity index (χ1) is 18.3. The van der Waals surface area contributed by atoms with Gasteiger partial charge in [0.2, 0.25) is 11.9 Å². The Hall–Kier alpha value is -3.53. The van der Waals surface area contributed by atoms with E-state index in [1.54, 1.807) is 18.7 Å². The Bertz CT molecular complexity index is 1180. The van der Waals surface area contributed by atoms with Gasteiger partial charge in [0.15, 0.2) is 0 Å². The molecule has 2 unspecified atom stereocenters. The minimum atomic E-state index is -0.730. The molecule has 0 spiro atoms. The number of likely N-dealkylation sites (tertiary alicyclic amines) is 2. The number of benzene rings is 1. The van der Waals surface area contributed by atoms with Crippen molar-refractivity contribution in [3.05, 3.63) is 52.8 Å². The molecule has 0 radical (unpaired) electrons. The van der Waals surface area contributed by atoms with E-state index in [0.717, 1.165) is 32.5 Å². The lowest BCUT2D eigenvalue weighted by Crippen LogP contribution is -2.48. The molecule has 202 valence electrons. The number of anilines is 1. The van der Waals surface area contributed by atoms with Gasteiger partial charge in [-0.2, -0.15) is 0 Å². The van der Waals surface area contributed by atoms with Crippen molar-refractivity contribution in [1.82, 2.24) is 24.7 Å². The van der Waals surface area contributed by atoms with Crippen LogP contribution in [0.3, 0.4) is 0 Å². The van der Waals surface area contributed by atoms with Crippen LogP contribution in [0.1, 0.15) is 45.4 Å². The van der Waals surface area contributed by atoms with Crippen LogP contribution in [0.15, 0.2) is 30.3 Å². The third kappa shape index (κ3) is 5.50. The van der Waals surface area contributed by atoms with E-state index in [9.17, 15) is 14.4 Å². The normalized spacial score (nSPS) is 21.6. The van der Waals surface area contributed by atoms with E-state index < -0.39 is 5.91 Å². The van der Waals surface area contributed by atoms with Crippen LogP contribution in [-0.4, -0.2) is 101 Å². The van der Waals surface area contributed by atoms with Crippen LogP contribution in [0.2, 0.25) is 0 Å². The van der Waals surface area contributed by atoms with Gasteiger partial charge in [-0.15, -0.1) is 0 Å². The highest BCUT2D eigenvalue weighted by molar-refractivity contribution is 6.06. The van der Waals surface area contributed by atoms with Gasteiger partial charge in [-0.3, -0.25) is 14.4 Å². The highest BCUT2D eigenvalue weighted by Gasteiger charge is 2.42. The summed E-state index contributed by atoms with van der Waals surface area (Å²) in [6.07, 6.45) is 2.20. The minimum absolute atomic E-state index is 0.0221. The third-order valence-corrected chi connectivity index (χ3v) is 8.16. The fourth-order valence-electron chi connectivity index (χ4n) is 6.10. The summed E-state index contributed by atoms with van der Waals surface area (Å²) in [6, 6.07) is 10.6. The molecule has 3 amide bonds. The molecule has 1 aromatic heterocycles. The summed E-state index contributed by atoms with van der Waals surface area (Å²) in [4.78, 5) is 54.7. The van der Waals surface area contributed by atoms with Crippen molar-refractivity contribution >= 4 is 23.7 Å². The third-order valence-electron chi connectivity index (χ3n) is 8.16. The molecule has 3 aliphatic rings. The number of aromatic nitrogens is 2. The van der Waals surface area contributed by atoms with Crippen molar-refractivity contribution in [2.24, 2.45) is 17.6 Å². The summed E-state index contributed by atoms with van der Waals surface area (Å²) in [7, 11) is 0. The second kappa shape index (κ2) is 11.1. The van der Waals surface area contributed by atoms with Gasteiger partial charge in [-0.1, -0.05) is 30.3 Å². The van der Waals surface area contributed by atoms with E-state index >= 15 is 0 Å². The molecule has 0 aliphatic carbocycles. The average Bonchev–Trinajstić information content (AvgIpc) is 3.47. The molecular formula is C28H37N7O3. The Morgan fingerprint density at radius 2 is 1.58 bits per heavy atom. The number of hydrogen-bond donors (Lipinski definition) is 1. The number of nitrogens with two attached hydrogens (primary N) is 1. The number of carbonyl (C=O) groups excluding carboxylic acids is 3. The van der Waals surface area contributed by atoms with E-state index in [0.29, 0.717) is 62.7 Å². The molecule has 2 N–H and O–H groups in total. The smallest absolute Gasteiger partial charge is 0.268 e. The predicted molar refractivity (Wildman–Crippen MR) is 144 cm³/mol. The zero-order chi connectivity index (χ0) is 26.8. The van der Waals surface area contributed by atoms with Crippen molar-refractivity contribution in [1.29, 1.82) is 0 Å². The Morgan fingerprint density at radius 3 is 2.18 bits per heavy atom. The van der Waals surface area contributed by atoms with Gasteiger partial charge < -0.3 is 25.3 Å². The molecule has 3 aliphatic heterocycles. The largest absolute Gasteiger partial charge is 0.364 e. The van der Waals surface area contributed by atoms with E-state index in [1.807, 2.05) is 15.9 Å². The molecule has 0 saturated carbocycles. The molecule has 10 heteroatoms. The summed E-state index contributed by atoms with van der Waals surface area (Å²) in [5, 5.41) is 0. The topological polar surface area (TPSA) is 116 Å². The van der Waals surface area contributed by atoms with Crippen LogP contribution < -0.4 is 10.6 Å². The Balaban J connectivity index is 1.21. The van der Waals surface area contributed by atoms with Gasteiger partial charge in [0.05, 0.1) is 11.3 Å². The van der Waals surface area contributed by atoms with Crippen LogP contribution in [0.5, 0.6) is 0 Å². The lowest BCUT2D eigenvalue weighted by atomic mass is 10.0. The lowest BCUT2D eigenvalue weighted by molar-refractivity contribution is -0.129. The maximum atomic E-state index is 13.6. The molecule has 2 aromatic rings. The molecule has 10 nitrogen and oxygen atoms in total. The maximum Gasteiger partial charge on any atom is 0.268 e. The van der Waals surface area contributed by atoms with Gasteiger partial charge in [-0.05, 0) is 43.7 Å². The molecule has 0 bridgehead atoms. The number of aryl methyl sites for hydroxylation is 2. The van der Waals surface area contributed by atoms with E-state index in [-0.39, 0.29) is 23.1 Å². The fourth-order valence-corrected chi connectivity index (χ4v) is 6.10. The number of nitrogens with zero attached hydrogens (tertiary/aromatic N) is 6. The highest BCUT2D eigenvalue weighted by Crippen LogP contribution is 2.33. The van der Waals surface area contributed by atoms with Crippen LogP contribution in [0, 0.1) is 18.8 Å². The van der Waals surface area contributed by atoms with E-state index in [2.05, 4.69) is 39.1 Å². The monoisotopic (exact) mass is 519 g/mol. The second-order valence-corrected chi connectivity index (χ2v) is 10.8. The average molecular weight is 520 g/mol. The van der Waals surface area contributed by atoms with Crippen LogP contribution in [0.25, 0.3) is 0 Å². The van der Waals surface area contributed by atoms with Gasteiger partial charge in [0, 0.05) is 59.3 Å². The van der Waals surface area contributed by atoms with Crippen molar-refractivity contribution in [2.75, 3.05) is 63.8 Å². The Kier molecular flexibility index (Phi) is 7.60. The van der Waals surface area contributed by atoms with Crippen molar-refractivity contribution < 1.29 is 14.4 Å². The van der Waals surface area contributed by atoms with Crippen molar-refractivity contribution in [2.45, 2.75) is 26.7 Å².